The summed E-state index contributed by atoms with van der Waals surface area (Å²) in [5.74, 6) is -0.391. The van der Waals surface area contributed by atoms with E-state index in [0.717, 1.165) is 15.3 Å². The summed E-state index contributed by atoms with van der Waals surface area (Å²) in [6.45, 7) is 4.43. The SMILES string of the molecule is Cc1nc2cc(-n3ncc(C(=O)c4cc5cc(F)c(CN6CCOCC6)cc5n4S(=O)(=O)c4ccccc4)c3N)ccc2[nH]1. The Bertz CT molecular complexity index is 2160. The molecule has 44 heavy (non-hydrogen) atoms. The van der Waals surface area contributed by atoms with Crippen molar-refractivity contribution >= 4 is 43.6 Å². The van der Waals surface area contributed by atoms with E-state index >= 15 is 4.39 Å². The number of H-pyrrole nitrogens is 1. The van der Waals surface area contributed by atoms with Gasteiger partial charge in [0.2, 0.25) is 5.78 Å². The van der Waals surface area contributed by atoms with Gasteiger partial charge in [-0.15, -0.1) is 0 Å². The van der Waals surface area contributed by atoms with Crippen molar-refractivity contribution in [2.75, 3.05) is 32.0 Å². The van der Waals surface area contributed by atoms with Gasteiger partial charge in [-0.25, -0.2) is 26.4 Å². The van der Waals surface area contributed by atoms with Crippen molar-refractivity contribution in [3.8, 4) is 5.69 Å². The summed E-state index contributed by atoms with van der Waals surface area (Å²) < 4.78 is 51.4. The predicted octanol–water partition coefficient (Wildman–Crippen LogP) is 4.03. The highest BCUT2D eigenvalue weighted by Crippen LogP contribution is 2.31. The number of morpholine rings is 1. The Morgan fingerprint density at radius 1 is 1.07 bits per heavy atom. The number of halogens is 1. The summed E-state index contributed by atoms with van der Waals surface area (Å²) in [6.07, 6.45) is 1.30. The molecule has 0 atom stereocenters. The van der Waals surface area contributed by atoms with Crippen molar-refractivity contribution < 1.29 is 22.3 Å². The number of nitrogens with zero attached hydrogens (tertiary/aromatic N) is 5. The quantitative estimate of drug-likeness (QED) is 0.257. The minimum atomic E-state index is -4.29. The number of ketones is 1. The van der Waals surface area contributed by atoms with Gasteiger partial charge in [0.25, 0.3) is 10.0 Å². The lowest BCUT2D eigenvalue weighted by Gasteiger charge is -2.26. The second kappa shape index (κ2) is 10.7. The normalized spacial score (nSPS) is 14.5. The number of rotatable bonds is 7. The van der Waals surface area contributed by atoms with E-state index < -0.39 is 21.6 Å². The maximum Gasteiger partial charge on any atom is 0.268 e. The molecule has 0 saturated carbocycles. The molecule has 1 fully saturated rings. The molecular formula is C31H28FN7O4S. The maximum absolute atomic E-state index is 15.4. The van der Waals surface area contributed by atoms with Gasteiger partial charge in [-0.05, 0) is 55.5 Å². The number of carbonyl (C=O) groups excluding carboxylic acids is 1. The first-order valence-electron chi connectivity index (χ1n) is 14.0. The second-order valence-electron chi connectivity index (χ2n) is 10.7. The molecule has 0 amide bonds. The number of nitrogen functional groups attached to an aromatic ring is 1. The van der Waals surface area contributed by atoms with Crippen LogP contribution in [-0.2, 0) is 21.3 Å². The van der Waals surface area contributed by atoms with E-state index in [4.69, 9.17) is 10.5 Å². The smallest absolute Gasteiger partial charge is 0.268 e. The third-order valence-corrected chi connectivity index (χ3v) is 9.56. The minimum absolute atomic E-state index is 0.00429. The van der Waals surface area contributed by atoms with Crippen molar-refractivity contribution in [1.82, 2.24) is 28.6 Å². The average molecular weight is 614 g/mol. The number of nitrogens with one attached hydrogen (secondary N) is 1. The molecule has 0 radical (unpaired) electrons. The van der Waals surface area contributed by atoms with Gasteiger partial charge in [-0.1, -0.05) is 18.2 Å². The van der Waals surface area contributed by atoms with Gasteiger partial charge in [0, 0.05) is 30.6 Å². The van der Waals surface area contributed by atoms with Crippen LogP contribution < -0.4 is 5.73 Å². The second-order valence-corrected chi connectivity index (χ2v) is 12.5. The van der Waals surface area contributed by atoms with E-state index in [1.807, 2.05) is 17.9 Å². The summed E-state index contributed by atoms with van der Waals surface area (Å²) in [7, 11) is -4.29. The number of fused-ring (bicyclic) bond motifs is 2. The van der Waals surface area contributed by atoms with Crippen LogP contribution >= 0.6 is 0 Å². The Hall–Kier alpha value is -4.85. The fourth-order valence-electron chi connectivity index (χ4n) is 5.61. The van der Waals surface area contributed by atoms with Gasteiger partial charge in [0.15, 0.2) is 0 Å². The van der Waals surface area contributed by atoms with Gasteiger partial charge in [0.05, 0.1) is 52.1 Å². The molecular weight excluding hydrogens is 585 g/mol. The molecule has 0 spiro atoms. The standard InChI is InChI=1S/C31H28FN7O4S/c1-19-35-26-8-7-22(16-27(26)36-19)38-31(33)24(17-34-38)30(40)29-14-20-13-25(32)21(18-37-9-11-43-12-10-37)15-28(20)39(29)44(41,42)23-5-3-2-4-6-23/h2-8,13-17H,9-12,18,33H2,1H3,(H,35,36). The summed E-state index contributed by atoms with van der Waals surface area (Å²) in [6, 6.07) is 17.4. The monoisotopic (exact) mass is 613 g/mol. The molecule has 13 heteroatoms. The van der Waals surface area contributed by atoms with Crippen LogP contribution in [0.15, 0.2) is 77.8 Å². The molecule has 3 aromatic heterocycles. The van der Waals surface area contributed by atoms with E-state index in [2.05, 4.69) is 15.1 Å². The summed E-state index contributed by atoms with van der Waals surface area (Å²) >= 11 is 0. The molecule has 3 N–H and O–H groups in total. The van der Waals surface area contributed by atoms with Crippen molar-refractivity contribution in [1.29, 1.82) is 0 Å². The van der Waals surface area contributed by atoms with Crippen LogP contribution in [0.4, 0.5) is 10.2 Å². The number of benzene rings is 3. The maximum atomic E-state index is 15.4. The first-order chi connectivity index (χ1) is 21.2. The van der Waals surface area contributed by atoms with Gasteiger partial charge < -0.3 is 15.5 Å². The number of hydrogen-bond acceptors (Lipinski definition) is 8. The van der Waals surface area contributed by atoms with E-state index in [-0.39, 0.29) is 39.4 Å². The van der Waals surface area contributed by atoms with Crippen LogP contribution in [0.25, 0.3) is 27.6 Å². The zero-order valence-corrected chi connectivity index (χ0v) is 24.5. The van der Waals surface area contributed by atoms with Crippen LogP contribution in [0.2, 0.25) is 0 Å². The predicted molar refractivity (Wildman–Crippen MR) is 163 cm³/mol. The number of nitrogens with two attached hydrogens (primary N) is 1. The molecule has 1 aliphatic rings. The highest BCUT2D eigenvalue weighted by molar-refractivity contribution is 7.90. The molecule has 7 rings (SSSR count). The average Bonchev–Trinajstić information content (AvgIpc) is 3.71. The van der Waals surface area contributed by atoms with Crippen LogP contribution in [-0.4, -0.2) is 69.1 Å². The highest BCUT2D eigenvalue weighted by atomic mass is 32.2. The zero-order chi connectivity index (χ0) is 30.6. The molecule has 0 aliphatic carbocycles. The molecule has 0 bridgehead atoms. The lowest BCUT2D eigenvalue weighted by atomic mass is 10.1. The van der Waals surface area contributed by atoms with Crippen LogP contribution in [0.3, 0.4) is 0 Å². The molecule has 1 saturated heterocycles. The van der Waals surface area contributed by atoms with E-state index in [9.17, 15) is 13.2 Å². The third-order valence-electron chi connectivity index (χ3n) is 7.82. The molecule has 11 nitrogen and oxygen atoms in total. The Morgan fingerprint density at radius 2 is 1.84 bits per heavy atom. The van der Waals surface area contributed by atoms with Gasteiger partial charge in [-0.3, -0.25) is 9.69 Å². The fourth-order valence-corrected chi connectivity index (χ4v) is 7.14. The highest BCUT2D eigenvalue weighted by Gasteiger charge is 2.30. The number of aryl methyl sites for hydroxylation is 1. The zero-order valence-electron chi connectivity index (χ0n) is 23.7. The fraction of sp³-hybridized carbons (Fsp3) is 0.194. The summed E-state index contributed by atoms with van der Waals surface area (Å²) in [5.41, 5.74) is 8.90. The van der Waals surface area contributed by atoms with Crippen LogP contribution in [0.1, 0.15) is 27.4 Å². The first kappa shape index (κ1) is 28.0. The largest absolute Gasteiger partial charge is 0.383 e. The first-order valence-corrected chi connectivity index (χ1v) is 15.4. The number of ether oxygens (including phenoxy) is 1. The Morgan fingerprint density at radius 3 is 2.61 bits per heavy atom. The summed E-state index contributed by atoms with van der Waals surface area (Å²) in [4.78, 5) is 23.8. The minimum Gasteiger partial charge on any atom is -0.383 e. The molecule has 0 unspecified atom stereocenters. The van der Waals surface area contributed by atoms with Crippen molar-refractivity contribution in [3.05, 3.63) is 101 Å². The number of carbonyl (C=O) groups is 1. The number of imidazole rings is 1. The van der Waals surface area contributed by atoms with E-state index in [1.54, 1.807) is 30.3 Å². The van der Waals surface area contributed by atoms with Gasteiger partial charge in [0.1, 0.15) is 23.2 Å². The van der Waals surface area contributed by atoms with Crippen LogP contribution in [0.5, 0.6) is 0 Å². The number of hydrogen-bond donors (Lipinski definition) is 2. The lowest BCUT2D eigenvalue weighted by molar-refractivity contribution is 0.0337. The van der Waals surface area contributed by atoms with Crippen molar-refractivity contribution in [2.45, 2.75) is 18.4 Å². The summed E-state index contributed by atoms with van der Waals surface area (Å²) in [5, 5.41) is 4.61. The van der Waals surface area contributed by atoms with Gasteiger partial charge >= 0.3 is 0 Å². The van der Waals surface area contributed by atoms with Crippen molar-refractivity contribution in [2.24, 2.45) is 0 Å². The topological polar surface area (TPSA) is 141 Å². The third kappa shape index (κ3) is 4.75. The molecule has 6 aromatic rings. The molecule has 4 heterocycles. The number of anilines is 1. The molecule has 3 aromatic carbocycles. The van der Waals surface area contributed by atoms with E-state index in [0.29, 0.717) is 43.1 Å². The molecule has 1 aliphatic heterocycles. The van der Waals surface area contributed by atoms with Crippen LogP contribution in [0, 0.1) is 12.7 Å². The van der Waals surface area contributed by atoms with Gasteiger partial charge in [-0.2, -0.15) is 5.10 Å². The number of aromatic nitrogens is 5. The Kier molecular flexibility index (Phi) is 6.80. The molecule has 224 valence electrons. The lowest BCUT2D eigenvalue weighted by Crippen LogP contribution is -2.35. The number of aromatic amines is 1. The van der Waals surface area contributed by atoms with Crippen molar-refractivity contribution in [3.63, 3.8) is 0 Å². The van der Waals surface area contributed by atoms with E-state index in [1.165, 1.54) is 41.2 Å². The Labute approximate surface area is 251 Å². The Balaban J connectivity index is 1.36.